The zero-order chi connectivity index (χ0) is 20.3. The van der Waals surface area contributed by atoms with E-state index in [9.17, 15) is 14.9 Å². The summed E-state index contributed by atoms with van der Waals surface area (Å²) >= 11 is 0. The molecule has 0 saturated heterocycles. The summed E-state index contributed by atoms with van der Waals surface area (Å²) in [6.45, 7) is 0. The lowest BCUT2D eigenvalue weighted by molar-refractivity contribution is -0.384. The molecular weight excluding hydrogens is 364 g/mol. The van der Waals surface area contributed by atoms with Crippen molar-refractivity contribution in [3.8, 4) is 11.1 Å². The Morgan fingerprint density at radius 3 is 2.00 bits per heavy atom. The lowest BCUT2D eigenvalue weighted by atomic mass is 9.78. The van der Waals surface area contributed by atoms with Gasteiger partial charge in [-0.2, -0.15) is 0 Å². The minimum atomic E-state index is -0.632. The highest BCUT2D eigenvalue weighted by atomic mass is 16.6. The minimum Gasteiger partial charge on any atom is -0.325 e. The Bertz CT molecular complexity index is 1010. The monoisotopic (exact) mass is 386 g/mol. The van der Waals surface area contributed by atoms with Gasteiger partial charge in [0.1, 0.15) is 0 Å². The molecule has 0 aromatic heterocycles. The van der Waals surface area contributed by atoms with Crippen LogP contribution in [0.25, 0.3) is 11.1 Å². The molecular formula is C24H22N2O3. The van der Waals surface area contributed by atoms with Crippen LogP contribution in [-0.2, 0) is 10.2 Å². The first-order chi connectivity index (χ1) is 14.1. The number of nitrogens with one attached hydrogen (secondary N) is 1. The van der Waals surface area contributed by atoms with Gasteiger partial charge in [0.15, 0.2) is 0 Å². The predicted octanol–water partition coefficient (Wildman–Crippen LogP) is 5.71. The van der Waals surface area contributed by atoms with Crippen molar-refractivity contribution in [2.75, 3.05) is 5.32 Å². The van der Waals surface area contributed by atoms with Crippen LogP contribution in [0.4, 0.5) is 11.4 Å². The number of hydrogen-bond donors (Lipinski definition) is 1. The Balaban J connectivity index is 1.56. The van der Waals surface area contributed by atoms with Gasteiger partial charge in [-0.15, -0.1) is 0 Å². The third-order valence-electron chi connectivity index (χ3n) is 5.77. The maximum absolute atomic E-state index is 13.3. The summed E-state index contributed by atoms with van der Waals surface area (Å²) in [6, 6.07) is 24.3. The molecule has 1 N–H and O–H groups in total. The van der Waals surface area contributed by atoms with Crippen molar-refractivity contribution in [2.45, 2.75) is 31.1 Å². The van der Waals surface area contributed by atoms with Gasteiger partial charge in [0, 0.05) is 17.8 Å². The van der Waals surface area contributed by atoms with Crippen LogP contribution in [0.5, 0.6) is 0 Å². The van der Waals surface area contributed by atoms with Gasteiger partial charge in [-0.25, -0.2) is 0 Å². The van der Waals surface area contributed by atoms with Gasteiger partial charge in [0.05, 0.1) is 10.3 Å². The second-order valence-electron chi connectivity index (χ2n) is 7.49. The Morgan fingerprint density at radius 1 is 0.828 bits per heavy atom. The van der Waals surface area contributed by atoms with Gasteiger partial charge < -0.3 is 5.32 Å². The van der Waals surface area contributed by atoms with E-state index in [1.165, 1.54) is 12.1 Å². The van der Waals surface area contributed by atoms with E-state index >= 15 is 0 Å². The van der Waals surface area contributed by atoms with E-state index in [1.807, 2.05) is 42.5 Å². The lowest BCUT2D eigenvalue weighted by Gasteiger charge is -2.28. The fourth-order valence-electron chi connectivity index (χ4n) is 4.15. The third kappa shape index (κ3) is 3.76. The zero-order valence-electron chi connectivity index (χ0n) is 16.0. The second-order valence-corrected chi connectivity index (χ2v) is 7.49. The molecule has 0 unspecified atom stereocenters. The molecule has 5 nitrogen and oxygen atoms in total. The molecule has 0 aliphatic heterocycles. The van der Waals surface area contributed by atoms with Crippen LogP contribution in [0.2, 0.25) is 0 Å². The molecule has 1 fully saturated rings. The number of amides is 1. The number of nitro groups is 1. The SMILES string of the molecule is O=C(Nc1ccc(-c2ccccc2)cc1)C1(c2ccc([N+](=O)[O-])cc2)CCCC1. The summed E-state index contributed by atoms with van der Waals surface area (Å²) in [5.74, 6) is -0.0451. The fraction of sp³-hybridized carbons (Fsp3) is 0.208. The van der Waals surface area contributed by atoms with E-state index in [-0.39, 0.29) is 11.6 Å². The minimum absolute atomic E-state index is 0.0406. The molecule has 1 saturated carbocycles. The Hall–Kier alpha value is -3.47. The number of hydrogen-bond acceptors (Lipinski definition) is 3. The van der Waals surface area contributed by atoms with Crippen molar-refractivity contribution in [1.29, 1.82) is 0 Å². The summed E-state index contributed by atoms with van der Waals surface area (Å²) in [6.07, 6.45) is 3.44. The molecule has 1 amide bonds. The maximum atomic E-state index is 13.3. The van der Waals surface area contributed by atoms with Crippen LogP contribution in [-0.4, -0.2) is 10.8 Å². The van der Waals surface area contributed by atoms with E-state index < -0.39 is 10.3 Å². The number of anilines is 1. The molecule has 0 heterocycles. The van der Waals surface area contributed by atoms with E-state index in [2.05, 4.69) is 17.4 Å². The number of nitrogens with zero attached hydrogens (tertiary/aromatic N) is 1. The average Bonchev–Trinajstić information content (AvgIpc) is 3.26. The smallest absolute Gasteiger partial charge is 0.269 e. The Morgan fingerprint density at radius 2 is 1.41 bits per heavy atom. The van der Waals surface area contributed by atoms with Gasteiger partial charge in [-0.3, -0.25) is 14.9 Å². The summed E-state index contributed by atoms with van der Waals surface area (Å²) in [5.41, 5.74) is 3.23. The molecule has 4 rings (SSSR count). The van der Waals surface area contributed by atoms with Crippen LogP contribution in [0.3, 0.4) is 0 Å². The van der Waals surface area contributed by atoms with Gasteiger partial charge in [-0.05, 0) is 41.7 Å². The number of non-ortho nitro benzene ring substituents is 1. The van der Waals surface area contributed by atoms with Crippen molar-refractivity contribution in [1.82, 2.24) is 0 Å². The molecule has 0 radical (unpaired) electrons. The van der Waals surface area contributed by atoms with Gasteiger partial charge in [0.2, 0.25) is 5.91 Å². The number of carbonyl (C=O) groups is 1. The summed E-state index contributed by atoms with van der Waals surface area (Å²) in [4.78, 5) is 23.8. The first kappa shape index (κ1) is 18.9. The lowest BCUT2D eigenvalue weighted by Crippen LogP contribution is -2.37. The topological polar surface area (TPSA) is 72.2 Å². The molecule has 3 aromatic rings. The standard InChI is InChI=1S/C24H22N2O3/c27-23(25-21-12-8-19(9-13-21)18-6-2-1-3-7-18)24(16-4-5-17-24)20-10-14-22(15-11-20)26(28)29/h1-3,6-15H,4-5,16-17H2,(H,25,27). The highest BCUT2D eigenvalue weighted by Crippen LogP contribution is 2.42. The summed E-state index contributed by atoms with van der Waals surface area (Å²) in [5, 5.41) is 14.0. The molecule has 1 aliphatic rings. The first-order valence-corrected chi connectivity index (χ1v) is 9.80. The first-order valence-electron chi connectivity index (χ1n) is 9.80. The quantitative estimate of drug-likeness (QED) is 0.451. The summed E-state index contributed by atoms with van der Waals surface area (Å²) in [7, 11) is 0. The maximum Gasteiger partial charge on any atom is 0.269 e. The number of rotatable bonds is 5. The molecule has 146 valence electrons. The Kier molecular flexibility index (Phi) is 5.12. The molecule has 5 heteroatoms. The normalized spacial score (nSPS) is 15.0. The van der Waals surface area contributed by atoms with Crippen molar-refractivity contribution < 1.29 is 9.72 Å². The molecule has 0 bridgehead atoms. The molecule has 0 spiro atoms. The Labute approximate surface area is 169 Å². The highest BCUT2D eigenvalue weighted by Gasteiger charge is 2.42. The van der Waals surface area contributed by atoms with E-state index in [0.29, 0.717) is 0 Å². The van der Waals surface area contributed by atoms with E-state index in [1.54, 1.807) is 12.1 Å². The predicted molar refractivity (Wildman–Crippen MR) is 114 cm³/mol. The van der Waals surface area contributed by atoms with E-state index in [0.717, 1.165) is 48.1 Å². The zero-order valence-corrected chi connectivity index (χ0v) is 16.0. The molecule has 29 heavy (non-hydrogen) atoms. The number of carbonyl (C=O) groups excluding carboxylic acids is 1. The van der Waals surface area contributed by atoms with Gasteiger partial charge in [0.25, 0.3) is 5.69 Å². The number of benzene rings is 3. The van der Waals surface area contributed by atoms with Crippen molar-refractivity contribution in [3.63, 3.8) is 0 Å². The van der Waals surface area contributed by atoms with Crippen molar-refractivity contribution in [3.05, 3.63) is 94.5 Å². The van der Waals surface area contributed by atoms with E-state index in [4.69, 9.17) is 0 Å². The molecule has 1 aliphatic carbocycles. The molecule has 3 aromatic carbocycles. The van der Waals surface area contributed by atoms with Crippen LogP contribution in [0.15, 0.2) is 78.9 Å². The fourth-order valence-corrected chi connectivity index (χ4v) is 4.15. The average molecular weight is 386 g/mol. The van der Waals surface area contributed by atoms with Crippen LogP contribution >= 0.6 is 0 Å². The van der Waals surface area contributed by atoms with Gasteiger partial charge >= 0.3 is 0 Å². The highest BCUT2D eigenvalue weighted by molar-refractivity contribution is 5.99. The largest absolute Gasteiger partial charge is 0.325 e. The molecule has 0 atom stereocenters. The number of nitro benzene ring substituents is 1. The third-order valence-corrected chi connectivity index (χ3v) is 5.77. The summed E-state index contributed by atoms with van der Waals surface area (Å²) < 4.78 is 0. The van der Waals surface area contributed by atoms with Crippen molar-refractivity contribution in [2.24, 2.45) is 0 Å². The van der Waals surface area contributed by atoms with Crippen LogP contribution in [0.1, 0.15) is 31.2 Å². The second kappa shape index (κ2) is 7.87. The van der Waals surface area contributed by atoms with Crippen LogP contribution in [0, 0.1) is 10.1 Å². The van der Waals surface area contributed by atoms with Gasteiger partial charge in [-0.1, -0.05) is 67.4 Å². The van der Waals surface area contributed by atoms with Crippen molar-refractivity contribution >= 4 is 17.3 Å². The van der Waals surface area contributed by atoms with Crippen LogP contribution < -0.4 is 5.32 Å².